The Bertz CT molecular complexity index is 352. The van der Waals surface area contributed by atoms with Crippen molar-refractivity contribution in [2.45, 2.75) is 0 Å². The molecule has 0 saturated heterocycles. The third-order valence-electron chi connectivity index (χ3n) is 1.25. The fourth-order valence-electron chi connectivity index (χ4n) is 0.782. The zero-order valence-electron chi connectivity index (χ0n) is 5.10. The highest BCUT2D eigenvalue weighted by Crippen LogP contribution is 2.06. The second-order valence-corrected chi connectivity index (χ2v) is 1.90. The Labute approximate surface area is 56.5 Å². The van der Waals surface area contributed by atoms with Crippen molar-refractivity contribution in [3.8, 4) is 0 Å². The smallest absolute Gasteiger partial charge is 0.114 e. The van der Waals surface area contributed by atoms with Crippen molar-refractivity contribution in [1.29, 1.82) is 0 Å². The summed E-state index contributed by atoms with van der Waals surface area (Å²) in [6.45, 7) is 0. The van der Waals surface area contributed by atoms with Gasteiger partial charge in [0, 0.05) is 0 Å². The molecule has 2 rings (SSSR count). The number of hydrogen-bond acceptors (Lipinski definition) is 4. The Hall–Kier alpha value is -1.65. The number of hydrogen-bond donors (Lipinski definition) is 1. The van der Waals surface area contributed by atoms with Gasteiger partial charge in [0.2, 0.25) is 0 Å². The van der Waals surface area contributed by atoms with Crippen molar-refractivity contribution in [3.63, 3.8) is 0 Å². The van der Waals surface area contributed by atoms with Crippen molar-refractivity contribution in [2.75, 3.05) is 5.73 Å². The molecule has 10 heavy (non-hydrogen) atoms. The average molecular weight is 135 g/mol. The molecule has 2 aromatic rings. The van der Waals surface area contributed by atoms with Gasteiger partial charge in [-0.05, 0) is 11.3 Å². The van der Waals surface area contributed by atoms with E-state index in [1.807, 2.05) is 0 Å². The van der Waals surface area contributed by atoms with E-state index in [-0.39, 0.29) is 0 Å². The summed E-state index contributed by atoms with van der Waals surface area (Å²) in [6, 6.07) is 1.78. The van der Waals surface area contributed by atoms with Crippen LogP contribution in [0.25, 0.3) is 5.52 Å². The fraction of sp³-hybridized carbons (Fsp3) is 0. The number of nitrogens with zero attached hydrogens (tertiary/aromatic N) is 4. The molecule has 0 aromatic carbocycles. The van der Waals surface area contributed by atoms with Gasteiger partial charge in [0.05, 0.1) is 18.1 Å². The zero-order valence-corrected chi connectivity index (χ0v) is 5.10. The molecule has 0 fully saturated rings. The monoisotopic (exact) mass is 135 g/mol. The molecular weight excluding hydrogens is 130 g/mol. The lowest BCUT2D eigenvalue weighted by atomic mass is 10.4. The fourth-order valence-corrected chi connectivity index (χ4v) is 0.782. The predicted molar refractivity (Wildman–Crippen MR) is 35.2 cm³/mol. The highest BCUT2D eigenvalue weighted by Gasteiger charge is 1.96. The maximum atomic E-state index is 5.54. The molecule has 0 aliphatic rings. The second kappa shape index (κ2) is 1.66. The molecule has 0 aliphatic heterocycles. The van der Waals surface area contributed by atoms with Crippen molar-refractivity contribution in [3.05, 3.63) is 18.5 Å². The maximum absolute atomic E-state index is 5.54. The summed E-state index contributed by atoms with van der Waals surface area (Å²) in [7, 11) is 0. The number of fused-ring (bicyclic) bond motifs is 1. The van der Waals surface area contributed by atoms with Crippen LogP contribution in [0, 0.1) is 0 Å². The molecule has 50 valence electrons. The minimum atomic E-state index is 0.590. The van der Waals surface area contributed by atoms with Crippen LogP contribution in [0.2, 0.25) is 0 Å². The highest BCUT2D eigenvalue weighted by molar-refractivity contribution is 5.66. The first-order valence-corrected chi connectivity index (χ1v) is 2.79. The molecule has 0 spiro atoms. The van der Waals surface area contributed by atoms with Crippen LogP contribution in [-0.2, 0) is 0 Å². The Kier molecular flexibility index (Phi) is 0.858. The summed E-state index contributed by atoms with van der Waals surface area (Å²) in [5, 5.41) is 11.1. The van der Waals surface area contributed by atoms with Crippen LogP contribution in [0.3, 0.4) is 0 Å². The minimum Gasteiger partial charge on any atom is -0.396 e. The summed E-state index contributed by atoms with van der Waals surface area (Å²) in [6.07, 6.45) is 3.12. The lowest BCUT2D eigenvalue weighted by Crippen LogP contribution is -1.99. The van der Waals surface area contributed by atoms with Gasteiger partial charge in [-0.1, -0.05) is 0 Å². The average Bonchev–Trinajstić information content (AvgIpc) is 2.36. The van der Waals surface area contributed by atoms with E-state index < -0.39 is 0 Å². The molecule has 5 heteroatoms. The van der Waals surface area contributed by atoms with Crippen LogP contribution in [0.4, 0.5) is 5.69 Å². The predicted octanol–water partition coefficient (Wildman–Crippen LogP) is -0.294. The first-order chi connectivity index (χ1) is 4.88. The molecule has 0 aliphatic carbocycles. The van der Waals surface area contributed by atoms with Crippen LogP contribution in [0.5, 0.6) is 0 Å². The first kappa shape index (κ1) is 5.16. The lowest BCUT2D eigenvalue weighted by Gasteiger charge is -1.91. The molecule has 0 bridgehead atoms. The normalized spacial score (nSPS) is 10.4. The van der Waals surface area contributed by atoms with Crippen LogP contribution in [-0.4, -0.2) is 20.0 Å². The molecule has 0 atom stereocenters. The lowest BCUT2D eigenvalue weighted by molar-refractivity contribution is 0.720. The number of nitrogens with two attached hydrogens (primary N) is 1. The van der Waals surface area contributed by atoms with E-state index in [0.717, 1.165) is 5.52 Å². The van der Waals surface area contributed by atoms with Gasteiger partial charge >= 0.3 is 0 Å². The minimum absolute atomic E-state index is 0.590. The van der Waals surface area contributed by atoms with E-state index in [9.17, 15) is 0 Å². The summed E-state index contributed by atoms with van der Waals surface area (Å²) < 4.78 is 1.38. The van der Waals surface area contributed by atoms with Gasteiger partial charge in [-0.25, -0.2) is 0 Å². The van der Waals surface area contributed by atoms with Crippen LogP contribution in [0.15, 0.2) is 18.5 Å². The molecule has 0 unspecified atom stereocenters. The molecule has 2 heterocycles. The standard InChI is InChI=1S/C5H5N5/c6-4-3-7-9-10-5(4)1-2-8-10/h1-3H,6H2. The van der Waals surface area contributed by atoms with Crippen molar-refractivity contribution in [2.24, 2.45) is 0 Å². The van der Waals surface area contributed by atoms with E-state index in [1.165, 1.54) is 10.8 Å². The Balaban J connectivity index is 2.95. The van der Waals surface area contributed by atoms with E-state index in [0.29, 0.717) is 5.69 Å². The summed E-state index contributed by atoms with van der Waals surface area (Å²) in [5.74, 6) is 0. The molecule has 0 radical (unpaired) electrons. The van der Waals surface area contributed by atoms with Gasteiger partial charge in [-0.3, -0.25) is 0 Å². The van der Waals surface area contributed by atoms with E-state index in [1.54, 1.807) is 12.3 Å². The van der Waals surface area contributed by atoms with Crippen LogP contribution < -0.4 is 5.73 Å². The Morgan fingerprint density at radius 3 is 3.20 bits per heavy atom. The summed E-state index contributed by atoms with van der Waals surface area (Å²) >= 11 is 0. The third kappa shape index (κ3) is 0.540. The number of anilines is 1. The highest BCUT2D eigenvalue weighted by atomic mass is 15.5. The van der Waals surface area contributed by atoms with E-state index in [2.05, 4.69) is 15.4 Å². The molecule has 0 saturated carbocycles. The summed E-state index contributed by atoms with van der Waals surface area (Å²) in [4.78, 5) is 0. The van der Waals surface area contributed by atoms with Gasteiger partial charge in [0.15, 0.2) is 0 Å². The molecule has 2 N–H and O–H groups in total. The van der Waals surface area contributed by atoms with Crippen molar-refractivity contribution >= 4 is 11.2 Å². The van der Waals surface area contributed by atoms with Gasteiger partial charge < -0.3 is 5.73 Å². The SMILES string of the molecule is Nc1cnnn2nccc12. The number of rotatable bonds is 0. The molecule has 5 nitrogen and oxygen atoms in total. The summed E-state index contributed by atoms with van der Waals surface area (Å²) in [5.41, 5.74) is 6.91. The third-order valence-corrected chi connectivity index (χ3v) is 1.25. The second-order valence-electron chi connectivity index (χ2n) is 1.90. The zero-order chi connectivity index (χ0) is 6.97. The molecule has 2 aromatic heterocycles. The molecular formula is C5H5N5. The first-order valence-electron chi connectivity index (χ1n) is 2.79. The van der Waals surface area contributed by atoms with Gasteiger partial charge in [-0.2, -0.15) is 5.10 Å². The largest absolute Gasteiger partial charge is 0.396 e. The van der Waals surface area contributed by atoms with Gasteiger partial charge in [0.25, 0.3) is 0 Å². The number of aromatic nitrogens is 4. The van der Waals surface area contributed by atoms with Crippen molar-refractivity contribution in [1.82, 2.24) is 20.0 Å². The van der Waals surface area contributed by atoms with Gasteiger partial charge in [0.1, 0.15) is 5.52 Å². The topological polar surface area (TPSA) is 69.1 Å². The van der Waals surface area contributed by atoms with Crippen LogP contribution >= 0.6 is 0 Å². The van der Waals surface area contributed by atoms with E-state index >= 15 is 0 Å². The van der Waals surface area contributed by atoms with Gasteiger partial charge in [-0.15, -0.1) is 9.73 Å². The Morgan fingerprint density at radius 1 is 1.50 bits per heavy atom. The Morgan fingerprint density at radius 2 is 2.40 bits per heavy atom. The maximum Gasteiger partial charge on any atom is 0.114 e. The molecule has 0 amide bonds. The van der Waals surface area contributed by atoms with Crippen LogP contribution in [0.1, 0.15) is 0 Å². The van der Waals surface area contributed by atoms with Crippen molar-refractivity contribution < 1.29 is 0 Å². The quantitative estimate of drug-likeness (QED) is 0.538. The van der Waals surface area contributed by atoms with E-state index in [4.69, 9.17) is 5.73 Å². The number of nitrogen functional groups attached to an aromatic ring is 1.